The molecular formula is C45H76O19. The summed E-state index contributed by atoms with van der Waals surface area (Å²) in [7, 11) is 0. The molecule has 8 aliphatic rings. The first kappa shape index (κ1) is 49.7. The molecule has 64 heavy (non-hydrogen) atoms. The minimum atomic E-state index is -1.75. The van der Waals surface area contributed by atoms with Gasteiger partial charge in [0.1, 0.15) is 73.2 Å². The van der Waals surface area contributed by atoms with Crippen LogP contribution < -0.4 is 0 Å². The van der Waals surface area contributed by atoms with Crippen LogP contribution in [0.5, 0.6) is 0 Å². The number of aliphatic hydroxyl groups is 12. The van der Waals surface area contributed by atoms with Gasteiger partial charge in [-0.25, -0.2) is 0 Å². The Morgan fingerprint density at radius 3 is 1.84 bits per heavy atom. The van der Waals surface area contributed by atoms with Crippen molar-refractivity contribution in [3.63, 3.8) is 0 Å². The zero-order chi connectivity index (χ0) is 46.2. The number of aliphatic hydroxyl groups excluding tert-OH is 11. The summed E-state index contributed by atoms with van der Waals surface area (Å²) in [4.78, 5) is 0. The monoisotopic (exact) mass is 920 g/mol. The first-order valence-electron chi connectivity index (χ1n) is 23.9. The van der Waals surface area contributed by atoms with Crippen LogP contribution in [0, 0.1) is 52.3 Å². The van der Waals surface area contributed by atoms with Gasteiger partial charge in [-0.3, -0.25) is 0 Å². The molecule has 8 fully saturated rings. The first-order valence-corrected chi connectivity index (χ1v) is 23.9. The van der Waals surface area contributed by atoms with Crippen LogP contribution >= 0.6 is 0 Å². The highest BCUT2D eigenvalue weighted by Gasteiger charge is 2.68. The van der Waals surface area contributed by atoms with Crippen molar-refractivity contribution in [2.45, 2.75) is 202 Å². The first-order chi connectivity index (χ1) is 30.3. The Morgan fingerprint density at radius 2 is 1.20 bits per heavy atom. The van der Waals surface area contributed by atoms with Gasteiger partial charge in [0.25, 0.3) is 0 Å². The lowest BCUT2D eigenvalue weighted by Crippen LogP contribution is -2.65. The number of ether oxygens (including phenoxy) is 7. The highest BCUT2D eigenvalue weighted by atomic mass is 16.8. The largest absolute Gasteiger partial charge is 0.394 e. The third kappa shape index (κ3) is 8.65. The van der Waals surface area contributed by atoms with Crippen molar-refractivity contribution in [1.29, 1.82) is 0 Å². The summed E-state index contributed by atoms with van der Waals surface area (Å²) >= 11 is 0. The third-order valence-corrected chi connectivity index (χ3v) is 18.0. The Labute approximate surface area is 374 Å². The summed E-state index contributed by atoms with van der Waals surface area (Å²) in [5.74, 6) is 0.532. The summed E-state index contributed by atoms with van der Waals surface area (Å²) in [6, 6.07) is 0. The van der Waals surface area contributed by atoms with E-state index in [0.29, 0.717) is 42.9 Å². The molecule has 19 heteroatoms. The number of fused-ring (bicyclic) bond motifs is 7. The maximum absolute atomic E-state index is 12.1. The van der Waals surface area contributed by atoms with E-state index in [1.807, 2.05) is 6.92 Å². The van der Waals surface area contributed by atoms with Gasteiger partial charge in [-0.1, -0.05) is 27.7 Å². The lowest BCUT2D eigenvalue weighted by atomic mass is 9.44. The highest BCUT2D eigenvalue weighted by molar-refractivity contribution is 5.15. The molecule has 0 amide bonds. The molecule has 370 valence electrons. The van der Waals surface area contributed by atoms with Gasteiger partial charge in [-0.15, -0.1) is 0 Å². The lowest BCUT2D eigenvalue weighted by molar-refractivity contribution is -0.373. The van der Waals surface area contributed by atoms with Crippen LogP contribution in [0.25, 0.3) is 0 Å². The molecule has 0 aromatic heterocycles. The number of hydrogen-bond donors (Lipinski definition) is 12. The minimum absolute atomic E-state index is 0.00000712. The van der Waals surface area contributed by atoms with Gasteiger partial charge in [0, 0.05) is 12.3 Å². The van der Waals surface area contributed by atoms with E-state index in [1.165, 1.54) is 0 Å². The Bertz CT molecular complexity index is 1560. The lowest BCUT2D eigenvalue weighted by Gasteiger charge is -2.61. The Kier molecular flexibility index (Phi) is 14.9. The van der Waals surface area contributed by atoms with E-state index in [1.54, 1.807) is 0 Å². The molecule has 0 aromatic carbocycles. The van der Waals surface area contributed by atoms with Crippen molar-refractivity contribution < 1.29 is 94.4 Å². The SMILES string of the molecule is CC(CC[C@@]1(O)O[C@H]2CC3C4CCC5CC(O[C@@H]6O[C@H](CO)[C@@H](O)[C@H](O)[C@H]6O[C@@H]6O[C@H](CO)[C@@H](O)[C@H](O)[C@H]6O)CC[C@]5(C)C4CC[C@]3(C)C2[C@@H]1C)CO[C@@H]1O[C@H](CO)[C@@H](O)[C@H](O)[C@H]1O. The molecule has 12 N–H and O–H groups in total. The van der Waals surface area contributed by atoms with E-state index < -0.39 is 118 Å². The fourth-order valence-electron chi connectivity index (χ4n) is 14.2. The van der Waals surface area contributed by atoms with Crippen molar-refractivity contribution in [2.24, 2.45) is 52.3 Å². The number of hydrogen-bond acceptors (Lipinski definition) is 19. The van der Waals surface area contributed by atoms with Crippen LogP contribution in [-0.2, 0) is 33.2 Å². The predicted octanol–water partition coefficient (Wildman–Crippen LogP) is -1.78. The molecule has 0 bridgehead atoms. The van der Waals surface area contributed by atoms with Crippen LogP contribution in [0.2, 0.25) is 0 Å². The van der Waals surface area contributed by atoms with Crippen LogP contribution in [0.4, 0.5) is 0 Å². The molecule has 4 aliphatic carbocycles. The topological polar surface area (TPSA) is 307 Å². The summed E-state index contributed by atoms with van der Waals surface area (Å²) < 4.78 is 42.0. The van der Waals surface area contributed by atoms with Gasteiger partial charge in [0.05, 0.1) is 38.6 Å². The molecular weight excluding hydrogens is 844 g/mol. The quantitative estimate of drug-likeness (QED) is 0.0909. The molecule has 4 saturated heterocycles. The molecule has 27 atom stereocenters. The van der Waals surface area contributed by atoms with E-state index in [0.717, 1.165) is 44.9 Å². The standard InChI is InChI=1S/C45H76O19/c1-19(18-58-40-37(55)34(52)31(49)27(15-46)60-40)7-12-45(57)20(2)30-26(64-45)14-25-23-6-5-21-13-22(8-10-43(21,3)24(23)9-11-44(25,30)4)59-42-39(36(54)33(51)29(17-48)62-42)63-41-38(56)35(53)32(50)28(16-47)61-41/h19-42,46-57H,5-18H2,1-4H3/t19?,20-,21?,22?,23?,24?,25?,26-,27+,28+,29+,30?,31+,32+,33+,34-,35-,36-,37+,38+,39+,40+,41-,42+,43-,44-,45+/m0/s1. The van der Waals surface area contributed by atoms with Gasteiger partial charge >= 0.3 is 0 Å². The third-order valence-electron chi connectivity index (χ3n) is 18.0. The summed E-state index contributed by atoms with van der Waals surface area (Å²) in [5.41, 5.74) is 0.0475. The van der Waals surface area contributed by atoms with Crippen molar-refractivity contribution in [1.82, 2.24) is 0 Å². The Hall–Kier alpha value is -0.760. The van der Waals surface area contributed by atoms with E-state index in [9.17, 15) is 61.3 Å². The maximum atomic E-state index is 12.1. The van der Waals surface area contributed by atoms with Gasteiger partial charge in [-0.2, -0.15) is 0 Å². The number of rotatable bonds is 13. The fourth-order valence-corrected chi connectivity index (χ4v) is 14.2. The Balaban J connectivity index is 0.869. The van der Waals surface area contributed by atoms with E-state index in [-0.39, 0.29) is 47.4 Å². The molecule has 0 radical (unpaired) electrons. The molecule has 19 nitrogen and oxygen atoms in total. The highest BCUT2D eigenvalue weighted by Crippen LogP contribution is 2.71. The average molecular weight is 921 g/mol. The van der Waals surface area contributed by atoms with Crippen molar-refractivity contribution in [3.05, 3.63) is 0 Å². The molecule has 7 unspecified atom stereocenters. The van der Waals surface area contributed by atoms with Gasteiger partial charge < -0.3 is 94.4 Å². The summed E-state index contributed by atoms with van der Waals surface area (Å²) in [6.45, 7) is 7.28. The zero-order valence-corrected chi connectivity index (χ0v) is 37.5. The zero-order valence-electron chi connectivity index (χ0n) is 37.5. The molecule has 0 aromatic rings. The maximum Gasteiger partial charge on any atom is 0.187 e. The average Bonchev–Trinajstić information content (AvgIpc) is 3.71. The second-order valence-corrected chi connectivity index (χ2v) is 21.5. The van der Waals surface area contributed by atoms with Crippen LogP contribution in [0.3, 0.4) is 0 Å². The van der Waals surface area contributed by atoms with Crippen LogP contribution in [0.15, 0.2) is 0 Å². The molecule has 4 saturated carbocycles. The summed E-state index contributed by atoms with van der Waals surface area (Å²) in [6.07, 6.45) is -13.7. The van der Waals surface area contributed by atoms with E-state index >= 15 is 0 Å². The molecule has 4 heterocycles. The predicted molar refractivity (Wildman–Crippen MR) is 219 cm³/mol. The van der Waals surface area contributed by atoms with E-state index in [4.69, 9.17) is 33.2 Å². The van der Waals surface area contributed by atoms with Gasteiger partial charge in [0.2, 0.25) is 0 Å². The Morgan fingerprint density at radius 1 is 0.625 bits per heavy atom. The normalized spacial score (nSPS) is 55.6. The minimum Gasteiger partial charge on any atom is -0.394 e. The fraction of sp³-hybridized carbons (Fsp3) is 1.00. The van der Waals surface area contributed by atoms with Crippen molar-refractivity contribution in [3.8, 4) is 0 Å². The molecule has 8 rings (SSSR count). The van der Waals surface area contributed by atoms with E-state index in [2.05, 4.69) is 20.8 Å². The second-order valence-electron chi connectivity index (χ2n) is 21.5. The van der Waals surface area contributed by atoms with Crippen LogP contribution in [0.1, 0.15) is 91.9 Å². The van der Waals surface area contributed by atoms with Gasteiger partial charge in [0.15, 0.2) is 24.7 Å². The van der Waals surface area contributed by atoms with Crippen LogP contribution in [-0.4, -0.2) is 198 Å². The summed E-state index contributed by atoms with van der Waals surface area (Å²) in [5, 5.41) is 125. The molecule has 4 aliphatic heterocycles. The molecule has 0 spiro atoms. The second kappa shape index (κ2) is 19.2. The van der Waals surface area contributed by atoms with Gasteiger partial charge in [-0.05, 0) is 104 Å². The van der Waals surface area contributed by atoms with Crippen molar-refractivity contribution >= 4 is 0 Å². The smallest absolute Gasteiger partial charge is 0.187 e. The van der Waals surface area contributed by atoms with Crippen molar-refractivity contribution in [2.75, 3.05) is 26.4 Å².